The van der Waals surface area contributed by atoms with E-state index < -0.39 is 0 Å². The standard InChI is InChI=1S/C8H9BrN4/c1-12(2)7-4-3-6(9)8-11-10-5-13(7)8/h3-5H,1-2H3. The molecule has 0 unspecified atom stereocenters. The molecular formula is C8H9BrN4. The normalized spacial score (nSPS) is 10.7. The number of halogens is 1. The van der Waals surface area contributed by atoms with Crippen LogP contribution in [-0.4, -0.2) is 28.7 Å². The highest BCUT2D eigenvalue weighted by Crippen LogP contribution is 2.21. The molecular weight excluding hydrogens is 232 g/mol. The van der Waals surface area contributed by atoms with Crippen molar-refractivity contribution < 1.29 is 0 Å². The lowest BCUT2D eigenvalue weighted by atomic mass is 10.4. The minimum atomic E-state index is 0.839. The number of hydrogen-bond donors (Lipinski definition) is 0. The van der Waals surface area contributed by atoms with Gasteiger partial charge in [0.15, 0.2) is 5.65 Å². The molecule has 0 saturated heterocycles. The SMILES string of the molecule is CN(C)c1ccc(Br)c2nncn12. The van der Waals surface area contributed by atoms with Crippen LogP contribution in [0.5, 0.6) is 0 Å². The second-order valence-electron chi connectivity index (χ2n) is 2.96. The van der Waals surface area contributed by atoms with E-state index in [1.54, 1.807) is 6.33 Å². The van der Waals surface area contributed by atoms with Crippen molar-refractivity contribution in [3.8, 4) is 0 Å². The zero-order valence-corrected chi connectivity index (χ0v) is 8.98. The molecule has 0 radical (unpaired) electrons. The monoisotopic (exact) mass is 240 g/mol. The fourth-order valence-corrected chi connectivity index (χ4v) is 1.64. The summed E-state index contributed by atoms with van der Waals surface area (Å²) in [7, 11) is 3.98. The van der Waals surface area contributed by atoms with Crippen molar-refractivity contribution in [3.05, 3.63) is 22.9 Å². The molecule has 0 aliphatic rings. The van der Waals surface area contributed by atoms with Gasteiger partial charge in [-0.3, -0.25) is 4.40 Å². The summed E-state index contributed by atoms with van der Waals surface area (Å²) < 4.78 is 2.89. The van der Waals surface area contributed by atoms with E-state index in [0.717, 1.165) is 15.9 Å². The first-order chi connectivity index (χ1) is 6.20. The molecule has 2 rings (SSSR count). The van der Waals surface area contributed by atoms with Crippen molar-refractivity contribution in [1.82, 2.24) is 14.6 Å². The minimum absolute atomic E-state index is 0.839. The van der Waals surface area contributed by atoms with Crippen LogP contribution in [0.3, 0.4) is 0 Å². The molecule has 0 aliphatic heterocycles. The molecule has 0 aliphatic carbocycles. The predicted molar refractivity (Wildman–Crippen MR) is 55.0 cm³/mol. The van der Waals surface area contributed by atoms with Gasteiger partial charge < -0.3 is 4.90 Å². The Labute approximate surface area is 84.3 Å². The second-order valence-corrected chi connectivity index (χ2v) is 3.81. The second kappa shape index (κ2) is 2.99. The van der Waals surface area contributed by atoms with Gasteiger partial charge in [0.2, 0.25) is 0 Å². The maximum Gasteiger partial charge on any atom is 0.176 e. The van der Waals surface area contributed by atoms with Crippen molar-refractivity contribution in [2.24, 2.45) is 0 Å². The zero-order valence-electron chi connectivity index (χ0n) is 7.40. The number of pyridine rings is 1. The Balaban J connectivity index is 2.78. The molecule has 13 heavy (non-hydrogen) atoms. The highest BCUT2D eigenvalue weighted by Gasteiger charge is 2.06. The molecule has 0 atom stereocenters. The van der Waals surface area contributed by atoms with Gasteiger partial charge in [-0.1, -0.05) is 0 Å². The molecule has 0 aromatic carbocycles. The summed E-state index contributed by atoms with van der Waals surface area (Å²) in [6.45, 7) is 0. The topological polar surface area (TPSA) is 33.4 Å². The average Bonchev–Trinajstić information content (AvgIpc) is 2.53. The Morgan fingerprint density at radius 1 is 1.38 bits per heavy atom. The van der Waals surface area contributed by atoms with Crippen molar-refractivity contribution in [2.75, 3.05) is 19.0 Å². The maximum absolute atomic E-state index is 4.00. The van der Waals surface area contributed by atoms with Crippen LogP contribution in [0, 0.1) is 0 Å². The van der Waals surface area contributed by atoms with Gasteiger partial charge in [-0.2, -0.15) is 0 Å². The number of nitrogens with zero attached hydrogens (tertiary/aromatic N) is 4. The van der Waals surface area contributed by atoms with Crippen LogP contribution in [0.2, 0.25) is 0 Å². The summed E-state index contributed by atoms with van der Waals surface area (Å²) in [6.07, 6.45) is 1.70. The molecule has 4 nitrogen and oxygen atoms in total. The Hall–Kier alpha value is -1.10. The van der Waals surface area contributed by atoms with Gasteiger partial charge in [0.1, 0.15) is 12.1 Å². The number of aromatic nitrogens is 3. The largest absolute Gasteiger partial charge is 0.364 e. The fourth-order valence-electron chi connectivity index (χ4n) is 1.23. The van der Waals surface area contributed by atoms with Gasteiger partial charge in [0.25, 0.3) is 0 Å². The van der Waals surface area contributed by atoms with Crippen LogP contribution in [0.25, 0.3) is 5.65 Å². The summed E-state index contributed by atoms with van der Waals surface area (Å²) in [4.78, 5) is 2.02. The number of anilines is 1. The van der Waals surface area contributed by atoms with Crippen molar-refractivity contribution in [1.29, 1.82) is 0 Å². The van der Waals surface area contributed by atoms with E-state index >= 15 is 0 Å². The molecule has 0 fully saturated rings. The van der Waals surface area contributed by atoms with Crippen LogP contribution in [0.4, 0.5) is 5.82 Å². The summed E-state index contributed by atoms with van der Waals surface area (Å²) in [5.74, 6) is 1.06. The van der Waals surface area contributed by atoms with E-state index in [4.69, 9.17) is 0 Å². The Kier molecular flexibility index (Phi) is 1.95. The highest BCUT2D eigenvalue weighted by molar-refractivity contribution is 9.10. The summed E-state index contributed by atoms with van der Waals surface area (Å²) in [5.41, 5.74) is 0.839. The molecule has 2 aromatic rings. The molecule has 0 saturated carbocycles. The first-order valence-electron chi connectivity index (χ1n) is 3.85. The van der Waals surface area contributed by atoms with Crippen LogP contribution in [-0.2, 0) is 0 Å². The molecule has 2 aromatic heterocycles. The third-order valence-corrected chi connectivity index (χ3v) is 2.46. The van der Waals surface area contributed by atoms with E-state index in [1.807, 2.05) is 35.5 Å². The summed E-state index contributed by atoms with van der Waals surface area (Å²) in [6, 6.07) is 3.99. The van der Waals surface area contributed by atoms with Crippen LogP contribution < -0.4 is 4.90 Å². The fraction of sp³-hybridized carbons (Fsp3) is 0.250. The lowest BCUT2D eigenvalue weighted by Crippen LogP contribution is -2.12. The predicted octanol–water partition coefficient (Wildman–Crippen LogP) is 1.56. The lowest BCUT2D eigenvalue weighted by molar-refractivity contribution is 1.02. The van der Waals surface area contributed by atoms with Crippen LogP contribution in [0.1, 0.15) is 0 Å². The zero-order chi connectivity index (χ0) is 9.42. The van der Waals surface area contributed by atoms with E-state index in [9.17, 15) is 0 Å². The van der Waals surface area contributed by atoms with Gasteiger partial charge in [-0.05, 0) is 28.1 Å². The molecule has 0 N–H and O–H groups in total. The quantitative estimate of drug-likeness (QED) is 0.759. The summed E-state index contributed by atoms with van der Waals surface area (Å²) >= 11 is 3.42. The molecule has 5 heteroatoms. The number of fused-ring (bicyclic) bond motifs is 1. The molecule has 2 heterocycles. The first kappa shape index (κ1) is 8.50. The van der Waals surface area contributed by atoms with Crippen molar-refractivity contribution >= 4 is 27.4 Å². The van der Waals surface area contributed by atoms with E-state index in [1.165, 1.54) is 0 Å². The van der Waals surface area contributed by atoms with Crippen LogP contribution >= 0.6 is 15.9 Å². The number of hydrogen-bond acceptors (Lipinski definition) is 3. The van der Waals surface area contributed by atoms with Gasteiger partial charge in [0.05, 0.1) is 4.47 Å². The lowest BCUT2D eigenvalue weighted by Gasteiger charge is -2.13. The third-order valence-electron chi connectivity index (χ3n) is 1.85. The third kappa shape index (κ3) is 1.29. The van der Waals surface area contributed by atoms with Crippen LogP contribution in [0.15, 0.2) is 22.9 Å². The minimum Gasteiger partial charge on any atom is -0.364 e. The van der Waals surface area contributed by atoms with E-state index in [-0.39, 0.29) is 0 Å². The number of rotatable bonds is 1. The van der Waals surface area contributed by atoms with Gasteiger partial charge in [-0.25, -0.2) is 0 Å². The first-order valence-corrected chi connectivity index (χ1v) is 4.65. The Morgan fingerprint density at radius 3 is 2.85 bits per heavy atom. The molecule has 0 bridgehead atoms. The van der Waals surface area contributed by atoms with Crippen molar-refractivity contribution in [3.63, 3.8) is 0 Å². The smallest absolute Gasteiger partial charge is 0.176 e. The van der Waals surface area contributed by atoms with Gasteiger partial charge >= 0.3 is 0 Å². The average molecular weight is 241 g/mol. The highest BCUT2D eigenvalue weighted by atomic mass is 79.9. The Morgan fingerprint density at radius 2 is 2.15 bits per heavy atom. The summed E-state index contributed by atoms with van der Waals surface area (Å²) in [5, 5.41) is 7.86. The van der Waals surface area contributed by atoms with E-state index in [0.29, 0.717) is 0 Å². The Bertz CT molecular complexity index is 435. The maximum atomic E-state index is 4.00. The van der Waals surface area contributed by atoms with Gasteiger partial charge in [-0.15, -0.1) is 10.2 Å². The molecule has 0 amide bonds. The van der Waals surface area contributed by atoms with Crippen molar-refractivity contribution in [2.45, 2.75) is 0 Å². The van der Waals surface area contributed by atoms with Gasteiger partial charge in [0, 0.05) is 14.1 Å². The molecule has 68 valence electrons. The van der Waals surface area contributed by atoms with E-state index in [2.05, 4.69) is 26.1 Å². The molecule has 0 spiro atoms.